The lowest BCUT2D eigenvalue weighted by Gasteiger charge is -2.12. The highest BCUT2D eigenvalue weighted by Crippen LogP contribution is 2.23. The number of carbonyl (C=O) groups excluding carboxylic acids is 3. The summed E-state index contributed by atoms with van der Waals surface area (Å²) in [6, 6.07) is 13.9. The maximum absolute atomic E-state index is 12.3. The van der Waals surface area contributed by atoms with Crippen LogP contribution in [0.1, 0.15) is 31.3 Å². The fourth-order valence-electron chi connectivity index (χ4n) is 2.84. The molecule has 0 bridgehead atoms. The van der Waals surface area contributed by atoms with E-state index >= 15 is 0 Å². The number of benzene rings is 2. The monoisotopic (exact) mass is 412 g/mol. The Morgan fingerprint density at radius 2 is 1.64 bits per heavy atom. The molecule has 0 saturated heterocycles. The molecule has 2 aromatic carbocycles. The van der Waals surface area contributed by atoms with Crippen LogP contribution in [-0.4, -0.2) is 39.4 Å². The van der Waals surface area contributed by atoms with Gasteiger partial charge in [0.15, 0.2) is 0 Å². The smallest absolute Gasteiger partial charge is 0.262 e. The van der Waals surface area contributed by atoms with Crippen molar-refractivity contribution in [3.05, 3.63) is 75.3 Å². The molecule has 1 aliphatic rings. The van der Waals surface area contributed by atoms with Gasteiger partial charge in [0, 0.05) is 11.4 Å². The van der Waals surface area contributed by atoms with Gasteiger partial charge in [-0.05, 0) is 29.8 Å². The summed E-state index contributed by atoms with van der Waals surface area (Å²) in [7, 11) is 0. The topological polar surface area (TPSA) is 92.3 Å². The van der Waals surface area contributed by atoms with E-state index < -0.39 is 17.7 Å². The number of fused-ring (bicyclic) bond motifs is 1. The Kier molecular flexibility index (Phi) is 4.89. The first-order valence-corrected chi connectivity index (χ1v) is 9.52. The molecule has 1 aliphatic heterocycles. The first-order valence-electron chi connectivity index (χ1n) is 8.33. The number of hydrogen-bond acceptors (Lipinski definition) is 6. The van der Waals surface area contributed by atoms with Gasteiger partial charge in [0.25, 0.3) is 11.8 Å². The molecule has 3 amide bonds. The number of rotatable bonds is 5. The summed E-state index contributed by atoms with van der Waals surface area (Å²) >= 11 is 7.10. The van der Waals surface area contributed by atoms with Gasteiger partial charge in [-0.3, -0.25) is 24.6 Å². The minimum Gasteiger partial charge on any atom is -0.299 e. The van der Waals surface area contributed by atoms with Crippen LogP contribution in [0.15, 0.2) is 48.5 Å². The van der Waals surface area contributed by atoms with Gasteiger partial charge in [-0.1, -0.05) is 47.2 Å². The van der Waals surface area contributed by atoms with E-state index in [4.69, 9.17) is 11.6 Å². The van der Waals surface area contributed by atoms with Crippen LogP contribution < -0.4 is 5.32 Å². The van der Waals surface area contributed by atoms with Crippen molar-refractivity contribution in [3.63, 3.8) is 0 Å². The Morgan fingerprint density at radius 1 is 1.00 bits per heavy atom. The molecule has 0 fully saturated rings. The third-order valence-electron chi connectivity index (χ3n) is 4.16. The van der Waals surface area contributed by atoms with E-state index in [1.807, 2.05) is 12.1 Å². The minimum atomic E-state index is -0.510. The van der Waals surface area contributed by atoms with Gasteiger partial charge in [0.2, 0.25) is 11.0 Å². The molecule has 3 aromatic rings. The van der Waals surface area contributed by atoms with Crippen LogP contribution >= 0.6 is 22.9 Å². The second-order valence-electron chi connectivity index (χ2n) is 6.09. The summed E-state index contributed by atoms with van der Waals surface area (Å²) in [6.45, 7) is -0.377. The molecule has 9 heteroatoms. The van der Waals surface area contributed by atoms with Crippen LogP contribution in [0.2, 0.25) is 5.02 Å². The van der Waals surface area contributed by atoms with Crippen molar-refractivity contribution >= 4 is 45.8 Å². The molecule has 1 N–H and O–H groups in total. The summed E-state index contributed by atoms with van der Waals surface area (Å²) < 4.78 is 0. The number of amides is 3. The van der Waals surface area contributed by atoms with Crippen molar-refractivity contribution in [1.29, 1.82) is 0 Å². The van der Waals surface area contributed by atoms with Gasteiger partial charge >= 0.3 is 0 Å². The van der Waals surface area contributed by atoms with Crippen LogP contribution in [0.4, 0.5) is 5.13 Å². The number of nitrogens with zero attached hydrogens (tertiary/aromatic N) is 3. The van der Waals surface area contributed by atoms with E-state index in [9.17, 15) is 14.4 Å². The number of aromatic nitrogens is 2. The lowest BCUT2D eigenvalue weighted by atomic mass is 10.1. The summed E-state index contributed by atoms with van der Waals surface area (Å²) in [5.41, 5.74) is 1.63. The van der Waals surface area contributed by atoms with Crippen molar-refractivity contribution in [2.24, 2.45) is 0 Å². The first-order chi connectivity index (χ1) is 13.5. The molecular formula is C19H13ClN4O3S. The van der Waals surface area contributed by atoms with Crippen LogP contribution in [0, 0.1) is 0 Å². The normalized spacial score (nSPS) is 13.0. The van der Waals surface area contributed by atoms with Crippen LogP contribution in [0.25, 0.3) is 0 Å². The lowest BCUT2D eigenvalue weighted by molar-refractivity contribution is -0.116. The van der Waals surface area contributed by atoms with E-state index in [0.29, 0.717) is 27.7 Å². The molecule has 0 aliphatic carbocycles. The zero-order valence-electron chi connectivity index (χ0n) is 14.4. The first kappa shape index (κ1) is 18.3. The quantitative estimate of drug-likeness (QED) is 0.650. The highest BCUT2D eigenvalue weighted by atomic mass is 35.5. The second-order valence-corrected chi connectivity index (χ2v) is 7.59. The van der Waals surface area contributed by atoms with Gasteiger partial charge in [0.1, 0.15) is 11.6 Å². The highest BCUT2D eigenvalue weighted by molar-refractivity contribution is 7.15. The number of carbonyl (C=O) groups is 3. The number of nitrogens with one attached hydrogen (secondary N) is 1. The van der Waals surface area contributed by atoms with E-state index in [0.717, 1.165) is 15.5 Å². The Morgan fingerprint density at radius 3 is 2.29 bits per heavy atom. The van der Waals surface area contributed by atoms with Crippen LogP contribution in [0.5, 0.6) is 0 Å². The molecule has 140 valence electrons. The molecule has 4 rings (SSSR count). The maximum atomic E-state index is 12.3. The summed E-state index contributed by atoms with van der Waals surface area (Å²) in [5, 5.41) is 12.3. The van der Waals surface area contributed by atoms with E-state index in [2.05, 4.69) is 15.5 Å². The van der Waals surface area contributed by atoms with Gasteiger partial charge in [-0.25, -0.2) is 0 Å². The molecule has 2 heterocycles. The molecule has 0 saturated carbocycles. The Labute approximate surface area is 169 Å². The largest absolute Gasteiger partial charge is 0.299 e. The van der Waals surface area contributed by atoms with Gasteiger partial charge < -0.3 is 0 Å². The van der Waals surface area contributed by atoms with Crippen molar-refractivity contribution in [2.45, 2.75) is 6.42 Å². The number of imide groups is 1. The van der Waals surface area contributed by atoms with E-state index in [1.165, 1.54) is 11.3 Å². The molecule has 0 radical (unpaired) electrons. The fourth-order valence-corrected chi connectivity index (χ4v) is 3.75. The standard InChI is InChI=1S/C19H13ClN4O3S/c20-12-7-5-11(6-8-12)9-16-22-23-19(28-16)21-15(25)10-24-17(26)13-3-1-2-4-14(13)18(24)27/h1-8H,9-10H2,(H,21,23,25). The highest BCUT2D eigenvalue weighted by Gasteiger charge is 2.36. The fraction of sp³-hybridized carbons (Fsp3) is 0.105. The number of anilines is 1. The van der Waals surface area contributed by atoms with E-state index in [-0.39, 0.29) is 6.54 Å². The lowest BCUT2D eigenvalue weighted by Crippen LogP contribution is -2.37. The average Bonchev–Trinajstić information content (AvgIpc) is 3.22. The second kappa shape index (κ2) is 7.49. The third-order valence-corrected chi connectivity index (χ3v) is 5.25. The predicted molar refractivity (Wildman–Crippen MR) is 105 cm³/mol. The number of halogens is 1. The molecule has 7 nitrogen and oxygen atoms in total. The zero-order valence-corrected chi connectivity index (χ0v) is 16.0. The zero-order chi connectivity index (χ0) is 19.7. The van der Waals surface area contributed by atoms with Crippen LogP contribution in [0.3, 0.4) is 0 Å². The van der Waals surface area contributed by atoms with Gasteiger partial charge in [-0.15, -0.1) is 10.2 Å². The van der Waals surface area contributed by atoms with Crippen molar-refractivity contribution in [2.75, 3.05) is 11.9 Å². The molecule has 0 spiro atoms. The average molecular weight is 413 g/mol. The molecular weight excluding hydrogens is 400 g/mol. The van der Waals surface area contributed by atoms with E-state index in [1.54, 1.807) is 36.4 Å². The van der Waals surface area contributed by atoms with Crippen molar-refractivity contribution in [1.82, 2.24) is 15.1 Å². The van der Waals surface area contributed by atoms with Crippen LogP contribution in [-0.2, 0) is 11.2 Å². The summed E-state index contributed by atoms with van der Waals surface area (Å²) in [4.78, 5) is 37.8. The Hall–Kier alpha value is -3.10. The van der Waals surface area contributed by atoms with Gasteiger partial charge in [0.05, 0.1) is 11.1 Å². The predicted octanol–water partition coefficient (Wildman–Crippen LogP) is 3.02. The van der Waals surface area contributed by atoms with Gasteiger partial charge in [-0.2, -0.15) is 0 Å². The SMILES string of the molecule is O=C(CN1C(=O)c2ccccc2C1=O)Nc1nnc(Cc2ccc(Cl)cc2)s1. The van der Waals surface area contributed by atoms with Crippen molar-refractivity contribution in [3.8, 4) is 0 Å². The third kappa shape index (κ3) is 3.64. The Bertz CT molecular complexity index is 1050. The minimum absolute atomic E-state index is 0.307. The molecule has 1 aromatic heterocycles. The molecule has 0 unspecified atom stereocenters. The Balaban J connectivity index is 1.38. The molecule has 0 atom stereocenters. The number of hydrogen-bond donors (Lipinski definition) is 1. The summed E-state index contributed by atoms with van der Waals surface area (Å²) in [6.07, 6.45) is 0.559. The molecule has 28 heavy (non-hydrogen) atoms. The van der Waals surface area contributed by atoms with Crippen molar-refractivity contribution < 1.29 is 14.4 Å². The maximum Gasteiger partial charge on any atom is 0.262 e. The summed E-state index contributed by atoms with van der Waals surface area (Å²) in [5.74, 6) is -1.46.